The summed E-state index contributed by atoms with van der Waals surface area (Å²) in [6, 6.07) is 49.7. The van der Waals surface area contributed by atoms with Crippen LogP contribution in [0.2, 0.25) is 0 Å². The Morgan fingerprint density at radius 1 is 0.357 bits per heavy atom. The van der Waals surface area contributed by atoms with E-state index in [2.05, 4.69) is 147 Å². The third-order valence-electron chi connectivity index (χ3n) is 8.26. The van der Waals surface area contributed by atoms with Gasteiger partial charge in [0, 0.05) is 40.3 Å². The fourth-order valence-electron chi connectivity index (χ4n) is 6.11. The zero-order valence-corrected chi connectivity index (χ0v) is 25.2. The van der Waals surface area contributed by atoms with Crippen LogP contribution in [-0.2, 0) is 0 Å². The summed E-state index contributed by atoms with van der Waals surface area (Å²) in [5.74, 6) is 0. The minimum atomic E-state index is 1.23. The smallest absolute Gasteiger partial charge is 0.0355 e. The lowest BCUT2D eigenvalue weighted by Crippen LogP contribution is -1.98. The largest absolute Gasteiger partial charge is 0.135 e. The molecule has 2 aromatic heterocycles. The highest BCUT2D eigenvalue weighted by atomic mass is 32.1. The van der Waals surface area contributed by atoms with Gasteiger partial charge in [0.05, 0.1) is 0 Å². The fraction of sp³-hybridized carbons (Fsp3) is 0.0500. The second-order valence-corrected chi connectivity index (χ2v) is 13.3. The lowest BCUT2D eigenvalue weighted by Gasteiger charge is -2.19. The van der Waals surface area contributed by atoms with Gasteiger partial charge >= 0.3 is 0 Å². The normalized spacial score (nSPS) is 12.4. The van der Waals surface area contributed by atoms with E-state index < -0.39 is 0 Å². The summed E-state index contributed by atoms with van der Waals surface area (Å²) in [6.07, 6.45) is 0. The predicted octanol–water partition coefficient (Wildman–Crippen LogP) is 12.0. The average molecular weight is 573 g/mol. The van der Waals surface area contributed by atoms with E-state index in [0.717, 1.165) is 0 Å². The van der Waals surface area contributed by atoms with Crippen LogP contribution in [0.25, 0.3) is 51.5 Å². The summed E-state index contributed by atoms with van der Waals surface area (Å²) in [6.45, 7) is 4.32. The highest BCUT2D eigenvalue weighted by Gasteiger charge is 2.19. The molecule has 0 radical (unpaired) electrons. The molecule has 2 heteroatoms. The summed E-state index contributed by atoms with van der Waals surface area (Å²) in [7, 11) is 0. The van der Waals surface area contributed by atoms with Crippen LogP contribution in [0.1, 0.15) is 33.4 Å². The van der Waals surface area contributed by atoms with Crippen LogP contribution in [0.5, 0.6) is 0 Å². The molecular weight excluding hydrogens is 545 g/mol. The molecule has 8 rings (SSSR count). The highest BCUT2D eigenvalue weighted by molar-refractivity contribution is 7.26. The Morgan fingerprint density at radius 2 is 0.714 bits per heavy atom. The third-order valence-corrected chi connectivity index (χ3v) is 10.6. The molecule has 8 aromatic rings. The minimum absolute atomic E-state index is 1.23. The molecule has 0 fully saturated rings. The van der Waals surface area contributed by atoms with E-state index in [1.165, 1.54) is 84.9 Å². The van der Waals surface area contributed by atoms with Crippen molar-refractivity contribution in [1.82, 2.24) is 0 Å². The molecule has 0 bridgehead atoms. The summed E-state index contributed by atoms with van der Waals surface area (Å²) in [4.78, 5) is 0. The number of thiophene rings is 2. The molecule has 0 amide bonds. The van der Waals surface area contributed by atoms with Gasteiger partial charge in [-0.3, -0.25) is 0 Å². The van der Waals surface area contributed by atoms with Gasteiger partial charge in [0.1, 0.15) is 0 Å². The second kappa shape index (κ2) is 10.1. The number of hydrogen-bond donors (Lipinski definition) is 0. The number of hydrogen-bond acceptors (Lipinski definition) is 2. The Bertz CT molecular complexity index is 2130. The zero-order valence-electron chi connectivity index (χ0n) is 23.5. The van der Waals surface area contributed by atoms with Crippen LogP contribution in [0.15, 0.2) is 133 Å². The van der Waals surface area contributed by atoms with E-state index in [4.69, 9.17) is 0 Å². The van der Waals surface area contributed by atoms with E-state index in [1.807, 2.05) is 22.7 Å². The molecule has 0 nitrogen and oxygen atoms in total. The summed E-state index contributed by atoms with van der Waals surface area (Å²) in [5.41, 5.74) is 9.97. The van der Waals surface area contributed by atoms with Crippen molar-refractivity contribution in [1.29, 1.82) is 0 Å². The van der Waals surface area contributed by atoms with Crippen LogP contribution in [0.4, 0.5) is 0 Å². The molecule has 0 N–H and O–H groups in total. The van der Waals surface area contributed by atoms with Gasteiger partial charge in [-0.1, -0.05) is 108 Å². The van der Waals surface area contributed by atoms with Crippen LogP contribution in [0.3, 0.4) is 0 Å². The van der Waals surface area contributed by atoms with Crippen molar-refractivity contribution in [2.24, 2.45) is 0 Å². The quantitative estimate of drug-likeness (QED) is 0.184. The molecule has 0 atom stereocenters. The zero-order chi connectivity index (χ0) is 28.2. The number of benzene rings is 6. The second-order valence-electron chi connectivity index (χ2n) is 11.1. The lowest BCUT2D eigenvalue weighted by atomic mass is 9.84. The molecule has 0 aliphatic carbocycles. The molecule has 0 unspecified atom stereocenters. The van der Waals surface area contributed by atoms with Gasteiger partial charge in [-0.25, -0.2) is 0 Å². The van der Waals surface area contributed by atoms with Crippen molar-refractivity contribution in [2.45, 2.75) is 13.8 Å². The molecule has 0 saturated carbocycles. The Hall–Kier alpha value is -4.50. The van der Waals surface area contributed by atoms with Crippen molar-refractivity contribution >= 4 is 74.2 Å². The molecular formula is C40H28S2. The Kier molecular flexibility index (Phi) is 6.06. The summed E-state index contributed by atoms with van der Waals surface area (Å²) in [5, 5.41) is 5.29. The van der Waals surface area contributed by atoms with Gasteiger partial charge in [0.2, 0.25) is 0 Å². The van der Waals surface area contributed by atoms with Crippen molar-refractivity contribution in [3.05, 3.63) is 167 Å². The van der Waals surface area contributed by atoms with Crippen molar-refractivity contribution in [2.75, 3.05) is 0 Å². The Labute approximate surface area is 253 Å². The highest BCUT2D eigenvalue weighted by Crippen LogP contribution is 2.43. The van der Waals surface area contributed by atoms with Crippen LogP contribution in [0, 0.1) is 13.8 Å². The van der Waals surface area contributed by atoms with Gasteiger partial charge in [-0.2, -0.15) is 0 Å². The first-order valence-corrected chi connectivity index (χ1v) is 16.0. The standard InChI is InChI=1S/C40H28S2/c1-25-11-15-27(16-12-25)39(29-19-21-37-33(23-29)31-7-3-5-9-35(31)41-37)40(28-17-13-26(2)14-18-28)30-20-22-38-34(24-30)32-8-4-6-10-36(32)42-38/h3-24H,1-2H3. The van der Waals surface area contributed by atoms with Crippen molar-refractivity contribution < 1.29 is 0 Å². The van der Waals surface area contributed by atoms with Gasteiger partial charge < -0.3 is 0 Å². The fourth-order valence-corrected chi connectivity index (χ4v) is 8.29. The average Bonchev–Trinajstić information content (AvgIpc) is 3.59. The molecule has 42 heavy (non-hydrogen) atoms. The molecule has 0 saturated heterocycles. The van der Waals surface area contributed by atoms with E-state index >= 15 is 0 Å². The van der Waals surface area contributed by atoms with Gasteiger partial charge in [0.25, 0.3) is 0 Å². The first-order chi connectivity index (χ1) is 20.6. The Balaban J connectivity index is 1.49. The van der Waals surface area contributed by atoms with Gasteiger partial charge in [-0.05, 0) is 83.6 Å². The topological polar surface area (TPSA) is 0 Å². The monoisotopic (exact) mass is 572 g/mol. The van der Waals surface area contributed by atoms with Crippen LogP contribution >= 0.6 is 22.7 Å². The van der Waals surface area contributed by atoms with Crippen molar-refractivity contribution in [3.63, 3.8) is 0 Å². The first-order valence-electron chi connectivity index (χ1n) is 14.3. The summed E-state index contributed by atoms with van der Waals surface area (Å²) < 4.78 is 5.32. The molecule has 0 spiro atoms. The number of fused-ring (bicyclic) bond motifs is 6. The molecule has 0 aliphatic heterocycles. The maximum absolute atomic E-state index is 2.41. The van der Waals surface area contributed by atoms with Crippen LogP contribution < -0.4 is 0 Å². The van der Waals surface area contributed by atoms with E-state index in [9.17, 15) is 0 Å². The Morgan fingerprint density at radius 3 is 1.14 bits per heavy atom. The molecule has 200 valence electrons. The molecule has 2 heterocycles. The number of rotatable bonds is 4. The minimum Gasteiger partial charge on any atom is -0.135 e. The molecule has 0 aliphatic rings. The number of aryl methyl sites for hydroxylation is 2. The van der Waals surface area contributed by atoms with Gasteiger partial charge in [-0.15, -0.1) is 22.7 Å². The van der Waals surface area contributed by atoms with E-state index in [-0.39, 0.29) is 0 Å². The predicted molar refractivity (Wildman–Crippen MR) is 186 cm³/mol. The van der Waals surface area contributed by atoms with Crippen LogP contribution in [-0.4, -0.2) is 0 Å². The maximum Gasteiger partial charge on any atom is 0.0355 e. The van der Waals surface area contributed by atoms with E-state index in [1.54, 1.807) is 0 Å². The molecule has 6 aromatic carbocycles. The summed E-state index contributed by atoms with van der Waals surface area (Å²) >= 11 is 3.74. The lowest BCUT2D eigenvalue weighted by molar-refractivity contribution is 1.43. The third kappa shape index (κ3) is 4.27. The maximum atomic E-state index is 2.41. The van der Waals surface area contributed by atoms with Crippen molar-refractivity contribution in [3.8, 4) is 0 Å². The first kappa shape index (κ1) is 25.2. The SMILES string of the molecule is Cc1ccc(C(=C(c2ccc(C)cc2)c2ccc3sc4ccccc4c3c2)c2ccc3sc4ccccc4c3c2)cc1. The van der Waals surface area contributed by atoms with E-state index in [0.29, 0.717) is 0 Å². The van der Waals surface area contributed by atoms with Gasteiger partial charge in [0.15, 0.2) is 0 Å².